The summed E-state index contributed by atoms with van der Waals surface area (Å²) in [5, 5.41) is 6.52. The summed E-state index contributed by atoms with van der Waals surface area (Å²) < 4.78 is 27.0. The molecule has 0 radical (unpaired) electrons. The van der Waals surface area contributed by atoms with Gasteiger partial charge in [0.25, 0.3) is 0 Å². The Morgan fingerprint density at radius 1 is 1.12 bits per heavy atom. The smallest absolute Gasteiger partial charge is 0.236 e. The molecule has 0 bridgehead atoms. The minimum Gasteiger partial charge on any atom is -0.472 e. The molecule has 1 aromatic carbocycles. The van der Waals surface area contributed by atoms with Crippen LogP contribution in [0.2, 0.25) is 0 Å². The number of halogens is 1. The molecule has 4 heterocycles. The Morgan fingerprint density at radius 2 is 1.93 bits per heavy atom. The number of para-hydroxylation sites is 1. The lowest BCUT2D eigenvalue weighted by atomic mass is 9.91. The fourth-order valence-corrected chi connectivity index (χ4v) is 4.90. The lowest BCUT2D eigenvalue weighted by molar-refractivity contribution is -0.155. The van der Waals surface area contributed by atoms with Gasteiger partial charge in [0, 0.05) is 63.1 Å². The fourth-order valence-electron chi connectivity index (χ4n) is 4.90. The maximum Gasteiger partial charge on any atom is 0.236 e. The molecule has 208 valence electrons. The largest absolute Gasteiger partial charge is 0.472 e. The second kappa shape index (κ2) is 12.9. The monoisotopic (exact) mass is 545 g/mol. The van der Waals surface area contributed by atoms with Crippen molar-refractivity contribution >= 4 is 5.78 Å². The Balaban J connectivity index is 1.36. The van der Waals surface area contributed by atoms with Gasteiger partial charge >= 0.3 is 0 Å². The second-order valence-corrected chi connectivity index (χ2v) is 9.77. The molecule has 40 heavy (non-hydrogen) atoms. The van der Waals surface area contributed by atoms with Crippen molar-refractivity contribution in [2.45, 2.75) is 32.5 Å². The highest BCUT2D eigenvalue weighted by Gasteiger charge is 2.37. The lowest BCUT2D eigenvalue weighted by Gasteiger charge is -2.17. The maximum absolute atomic E-state index is 13.9. The molecule has 0 spiro atoms. The molecule has 1 aliphatic rings. The van der Waals surface area contributed by atoms with Crippen molar-refractivity contribution in [3.8, 4) is 11.6 Å². The summed E-state index contributed by atoms with van der Waals surface area (Å²) >= 11 is 0. The number of aromatic nitrogens is 4. The van der Waals surface area contributed by atoms with Crippen LogP contribution in [0.25, 0.3) is 5.69 Å². The van der Waals surface area contributed by atoms with E-state index in [0.717, 1.165) is 22.5 Å². The third-order valence-electron chi connectivity index (χ3n) is 6.93. The minimum atomic E-state index is -0.580. The molecular formula is C30H32FN5O4. The molecule has 0 aliphatic carbocycles. The van der Waals surface area contributed by atoms with Crippen molar-refractivity contribution in [2.75, 3.05) is 26.8 Å². The van der Waals surface area contributed by atoms with Crippen molar-refractivity contribution in [1.82, 2.24) is 24.8 Å². The van der Waals surface area contributed by atoms with Crippen molar-refractivity contribution in [3.05, 3.63) is 102 Å². The van der Waals surface area contributed by atoms with Gasteiger partial charge in [0.05, 0.1) is 18.0 Å². The molecule has 0 unspecified atom stereocenters. The van der Waals surface area contributed by atoms with E-state index in [1.54, 1.807) is 35.3 Å². The first kappa shape index (κ1) is 27.6. The van der Waals surface area contributed by atoms with Crippen LogP contribution >= 0.6 is 0 Å². The highest BCUT2D eigenvalue weighted by molar-refractivity contribution is 5.81. The predicted molar refractivity (Wildman–Crippen MR) is 145 cm³/mol. The van der Waals surface area contributed by atoms with Gasteiger partial charge in [0.1, 0.15) is 18.5 Å². The number of nitrogens with zero attached hydrogens (tertiary/aromatic N) is 5. The number of ether oxygens (including phenoxy) is 2. The van der Waals surface area contributed by atoms with Gasteiger partial charge in [-0.3, -0.25) is 14.6 Å². The first-order chi connectivity index (χ1) is 19.5. The lowest BCUT2D eigenvalue weighted by Crippen LogP contribution is -2.24. The van der Waals surface area contributed by atoms with Crippen molar-refractivity contribution in [1.29, 1.82) is 0 Å². The minimum absolute atomic E-state index is 0.0302. The van der Waals surface area contributed by atoms with Crippen LogP contribution in [-0.2, 0) is 27.4 Å². The van der Waals surface area contributed by atoms with E-state index in [0.29, 0.717) is 37.7 Å². The number of hydrogen-bond acceptors (Lipinski definition) is 8. The van der Waals surface area contributed by atoms with Crippen LogP contribution in [0.4, 0.5) is 4.39 Å². The molecule has 4 aromatic rings. The number of carbonyl (C=O) groups is 1. The van der Waals surface area contributed by atoms with Crippen LogP contribution in [0.3, 0.4) is 0 Å². The third-order valence-corrected chi connectivity index (χ3v) is 6.93. The van der Waals surface area contributed by atoms with E-state index in [1.165, 1.54) is 12.3 Å². The van der Waals surface area contributed by atoms with Gasteiger partial charge in [-0.15, -0.1) is 5.10 Å². The van der Waals surface area contributed by atoms with Gasteiger partial charge in [0.2, 0.25) is 11.8 Å². The number of pyridine rings is 2. The normalized spacial score (nSPS) is 17.3. The Kier molecular flexibility index (Phi) is 8.90. The van der Waals surface area contributed by atoms with Crippen molar-refractivity contribution < 1.29 is 23.5 Å². The van der Waals surface area contributed by atoms with E-state index in [4.69, 9.17) is 19.4 Å². The Morgan fingerprint density at radius 3 is 2.67 bits per heavy atom. The summed E-state index contributed by atoms with van der Waals surface area (Å²) in [5.74, 6) is -0.240. The number of methoxy groups -OCH3 is 1. The van der Waals surface area contributed by atoms with Crippen LogP contribution in [0.1, 0.15) is 34.9 Å². The summed E-state index contributed by atoms with van der Waals surface area (Å²) in [7, 11) is 1.63. The molecule has 5 rings (SSSR count). The van der Waals surface area contributed by atoms with Crippen molar-refractivity contribution in [3.63, 3.8) is 0 Å². The number of Topliss-reactive ketones (excluding diaryl/α,β-unsaturated/α-hetero) is 1. The summed E-state index contributed by atoms with van der Waals surface area (Å²) in [6, 6.07) is 16.5. The number of carbonyl (C=O) groups excluding carboxylic acids is 1. The zero-order valence-corrected chi connectivity index (χ0v) is 22.6. The molecule has 0 saturated carbocycles. The van der Waals surface area contributed by atoms with E-state index in [1.807, 2.05) is 49.4 Å². The van der Waals surface area contributed by atoms with Gasteiger partial charge in [-0.1, -0.05) is 18.2 Å². The molecule has 2 atom stereocenters. The zero-order valence-electron chi connectivity index (χ0n) is 22.6. The van der Waals surface area contributed by atoms with Gasteiger partial charge < -0.3 is 9.47 Å². The number of ketones is 1. The van der Waals surface area contributed by atoms with Gasteiger partial charge in [-0.05, 0) is 54.4 Å². The van der Waals surface area contributed by atoms with E-state index < -0.39 is 12.1 Å². The standard InChI is InChI=1S/C30H32FN5O4/c1-21-27(36(25-6-4-3-5-7-25)34-30(21)39-20-22-8-11-32-12-9-22)18-26(37)16-24-19-35(14-15-38-2)40-29(24)23-10-13-33-28(31)17-23/h3-13,17,24,29H,14-16,18-20H2,1-2H3/t24-,29+/m1/s1. The molecule has 1 saturated heterocycles. The van der Waals surface area contributed by atoms with Gasteiger partial charge in [-0.2, -0.15) is 9.45 Å². The first-order valence-corrected chi connectivity index (χ1v) is 13.2. The number of hydrogen-bond donors (Lipinski definition) is 0. The number of benzene rings is 1. The number of hydroxylamine groups is 2. The quantitative estimate of drug-likeness (QED) is 0.241. The van der Waals surface area contributed by atoms with Gasteiger partial charge in [0.15, 0.2) is 0 Å². The summed E-state index contributed by atoms with van der Waals surface area (Å²) in [5.41, 5.74) is 4.04. The summed E-state index contributed by atoms with van der Waals surface area (Å²) in [4.78, 5) is 27.4. The Hall–Kier alpha value is -3.99. The third kappa shape index (κ3) is 6.59. The molecule has 3 aromatic heterocycles. The SMILES string of the molecule is COCCN1C[C@@H](CC(=O)Cc2c(C)c(OCc3ccncc3)nn2-c2ccccc2)[C@H](c2ccnc(F)c2)O1. The fraction of sp³-hybridized carbons (Fsp3) is 0.333. The predicted octanol–water partition coefficient (Wildman–Crippen LogP) is 4.44. The van der Waals surface area contributed by atoms with Crippen molar-refractivity contribution in [2.24, 2.45) is 5.92 Å². The zero-order chi connectivity index (χ0) is 27.9. The average Bonchev–Trinajstić information content (AvgIpc) is 3.52. The molecule has 1 fully saturated rings. The average molecular weight is 546 g/mol. The summed E-state index contributed by atoms with van der Waals surface area (Å²) in [6.45, 7) is 3.81. The molecule has 0 amide bonds. The Labute approximate surface area is 232 Å². The van der Waals surface area contributed by atoms with Crippen LogP contribution in [0.15, 0.2) is 73.2 Å². The van der Waals surface area contributed by atoms with E-state index in [-0.39, 0.29) is 24.5 Å². The second-order valence-electron chi connectivity index (χ2n) is 9.77. The van der Waals surface area contributed by atoms with Crippen LogP contribution < -0.4 is 4.74 Å². The first-order valence-electron chi connectivity index (χ1n) is 13.2. The van der Waals surface area contributed by atoms with Crippen LogP contribution in [0, 0.1) is 18.8 Å². The number of rotatable bonds is 12. The molecule has 1 aliphatic heterocycles. The highest BCUT2D eigenvalue weighted by atomic mass is 19.1. The van der Waals surface area contributed by atoms with E-state index >= 15 is 0 Å². The Bertz CT molecular complexity index is 1420. The molecule has 9 nitrogen and oxygen atoms in total. The van der Waals surface area contributed by atoms with Crippen LogP contribution in [0.5, 0.6) is 5.88 Å². The maximum atomic E-state index is 13.9. The summed E-state index contributed by atoms with van der Waals surface area (Å²) in [6.07, 6.45) is 4.81. The molecular weight excluding hydrogens is 513 g/mol. The van der Waals surface area contributed by atoms with Crippen LogP contribution in [-0.4, -0.2) is 57.4 Å². The topological polar surface area (TPSA) is 91.6 Å². The highest BCUT2D eigenvalue weighted by Crippen LogP contribution is 2.37. The molecule has 0 N–H and O–H groups in total. The van der Waals surface area contributed by atoms with Gasteiger partial charge in [-0.25, -0.2) is 9.67 Å². The molecule has 10 heteroatoms. The van der Waals surface area contributed by atoms with E-state index in [9.17, 15) is 9.18 Å². The van der Waals surface area contributed by atoms with E-state index in [2.05, 4.69) is 9.97 Å².